The van der Waals surface area contributed by atoms with Crippen molar-refractivity contribution >= 4 is 27.7 Å². The largest absolute Gasteiger partial charge is 0.382 e. The summed E-state index contributed by atoms with van der Waals surface area (Å²) < 4.78 is 2.31. The quantitative estimate of drug-likeness (QED) is 0.864. The Morgan fingerprint density at radius 1 is 1.53 bits per heavy atom. The van der Waals surface area contributed by atoms with E-state index in [2.05, 4.69) is 31.6 Å². The minimum absolute atomic E-state index is 0.118. The summed E-state index contributed by atoms with van der Waals surface area (Å²) in [6.07, 6.45) is 0. The van der Waals surface area contributed by atoms with E-state index in [0.29, 0.717) is 0 Å². The SMILES string of the molecule is CNC(=O)c1nnn(-c2cccc(Br)c2)c1N. The van der Waals surface area contributed by atoms with E-state index in [1.165, 1.54) is 11.7 Å². The lowest BCUT2D eigenvalue weighted by Crippen LogP contribution is -2.19. The summed E-state index contributed by atoms with van der Waals surface area (Å²) in [5.41, 5.74) is 6.68. The third kappa shape index (κ3) is 2.14. The van der Waals surface area contributed by atoms with Gasteiger partial charge in [-0.3, -0.25) is 4.79 Å². The number of carbonyl (C=O) groups excluding carboxylic acids is 1. The average Bonchev–Trinajstić information content (AvgIpc) is 2.70. The number of aromatic nitrogens is 3. The fraction of sp³-hybridized carbons (Fsp3) is 0.100. The molecule has 3 N–H and O–H groups in total. The molecular weight excluding hydrogens is 286 g/mol. The molecule has 6 nitrogen and oxygen atoms in total. The highest BCUT2D eigenvalue weighted by Crippen LogP contribution is 2.18. The topological polar surface area (TPSA) is 85.8 Å². The van der Waals surface area contributed by atoms with Crippen LogP contribution in [0, 0.1) is 0 Å². The lowest BCUT2D eigenvalue weighted by Gasteiger charge is -2.03. The maximum atomic E-state index is 11.4. The van der Waals surface area contributed by atoms with Crippen LogP contribution in [-0.4, -0.2) is 27.9 Å². The van der Waals surface area contributed by atoms with Gasteiger partial charge in [-0.25, -0.2) is 0 Å². The molecular formula is C10H10BrN5O. The highest BCUT2D eigenvalue weighted by Gasteiger charge is 2.16. The van der Waals surface area contributed by atoms with Crippen LogP contribution in [0.2, 0.25) is 0 Å². The van der Waals surface area contributed by atoms with Gasteiger partial charge in [0.1, 0.15) is 0 Å². The van der Waals surface area contributed by atoms with Crippen LogP contribution >= 0.6 is 15.9 Å². The van der Waals surface area contributed by atoms with E-state index in [1.54, 1.807) is 0 Å². The predicted octanol–water partition coefficient (Wildman–Crippen LogP) is 0.972. The van der Waals surface area contributed by atoms with Gasteiger partial charge < -0.3 is 11.1 Å². The third-order valence-corrected chi connectivity index (χ3v) is 2.69. The van der Waals surface area contributed by atoms with E-state index in [9.17, 15) is 4.79 Å². The monoisotopic (exact) mass is 295 g/mol. The zero-order valence-electron chi connectivity index (χ0n) is 9.01. The van der Waals surface area contributed by atoms with Crippen molar-refractivity contribution in [1.82, 2.24) is 20.3 Å². The number of rotatable bonds is 2. The smallest absolute Gasteiger partial charge is 0.275 e. The summed E-state index contributed by atoms with van der Waals surface area (Å²) in [6.45, 7) is 0. The molecule has 0 spiro atoms. The van der Waals surface area contributed by atoms with E-state index in [-0.39, 0.29) is 17.4 Å². The Morgan fingerprint density at radius 2 is 2.29 bits per heavy atom. The Hall–Kier alpha value is -1.89. The van der Waals surface area contributed by atoms with Crippen LogP contribution in [0.1, 0.15) is 10.5 Å². The van der Waals surface area contributed by atoms with Gasteiger partial charge in [0.15, 0.2) is 11.5 Å². The van der Waals surface area contributed by atoms with E-state index in [4.69, 9.17) is 5.73 Å². The number of anilines is 1. The number of benzene rings is 1. The lowest BCUT2D eigenvalue weighted by molar-refractivity contribution is 0.0959. The number of hydrogen-bond donors (Lipinski definition) is 2. The zero-order valence-corrected chi connectivity index (χ0v) is 10.6. The highest BCUT2D eigenvalue weighted by atomic mass is 79.9. The first-order valence-corrected chi connectivity index (χ1v) is 5.62. The minimum Gasteiger partial charge on any atom is -0.382 e. The number of amides is 1. The van der Waals surface area contributed by atoms with Crippen LogP contribution in [0.5, 0.6) is 0 Å². The Bertz CT molecular complexity index is 566. The van der Waals surface area contributed by atoms with Gasteiger partial charge in [0.05, 0.1) is 5.69 Å². The predicted molar refractivity (Wildman–Crippen MR) is 66.9 cm³/mol. The molecule has 1 aromatic carbocycles. The molecule has 88 valence electrons. The van der Waals surface area contributed by atoms with Gasteiger partial charge in [-0.05, 0) is 18.2 Å². The first-order valence-electron chi connectivity index (χ1n) is 4.82. The third-order valence-electron chi connectivity index (χ3n) is 2.20. The molecule has 2 rings (SSSR count). The zero-order chi connectivity index (χ0) is 12.4. The molecule has 0 fully saturated rings. The highest BCUT2D eigenvalue weighted by molar-refractivity contribution is 9.10. The summed E-state index contributed by atoms with van der Waals surface area (Å²) in [6, 6.07) is 7.39. The molecule has 7 heteroatoms. The molecule has 0 aliphatic heterocycles. The maximum Gasteiger partial charge on any atom is 0.275 e. The fourth-order valence-corrected chi connectivity index (χ4v) is 1.76. The van der Waals surface area contributed by atoms with Gasteiger partial charge in [0, 0.05) is 11.5 Å². The van der Waals surface area contributed by atoms with Crippen LogP contribution in [0.4, 0.5) is 5.82 Å². The second kappa shape index (κ2) is 4.54. The number of nitrogens with zero attached hydrogens (tertiary/aromatic N) is 3. The molecule has 0 bridgehead atoms. The molecule has 0 atom stereocenters. The molecule has 0 aliphatic carbocycles. The van der Waals surface area contributed by atoms with Crippen molar-refractivity contribution < 1.29 is 4.79 Å². The van der Waals surface area contributed by atoms with E-state index >= 15 is 0 Å². The molecule has 0 aliphatic rings. The molecule has 1 heterocycles. The summed E-state index contributed by atoms with van der Waals surface area (Å²) in [5.74, 6) is -0.147. The van der Waals surface area contributed by atoms with Gasteiger partial charge >= 0.3 is 0 Å². The fourth-order valence-electron chi connectivity index (χ4n) is 1.37. The Morgan fingerprint density at radius 3 is 2.94 bits per heavy atom. The number of nitrogens with one attached hydrogen (secondary N) is 1. The molecule has 1 amide bonds. The van der Waals surface area contributed by atoms with Crippen molar-refractivity contribution in [1.29, 1.82) is 0 Å². The first-order chi connectivity index (χ1) is 8.13. The second-order valence-electron chi connectivity index (χ2n) is 3.29. The van der Waals surface area contributed by atoms with E-state index in [0.717, 1.165) is 10.2 Å². The van der Waals surface area contributed by atoms with Crippen LogP contribution in [0.3, 0.4) is 0 Å². The summed E-state index contributed by atoms with van der Waals surface area (Å²) in [7, 11) is 1.51. The molecule has 0 radical (unpaired) electrons. The maximum absolute atomic E-state index is 11.4. The normalized spacial score (nSPS) is 10.2. The Kier molecular flexibility index (Phi) is 3.10. The van der Waals surface area contributed by atoms with Gasteiger partial charge in [0.25, 0.3) is 5.91 Å². The van der Waals surface area contributed by atoms with Gasteiger partial charge in [-0.15, -0.1) is 5.10 Å². The summed E-state index contributed by atoms with van der Waals surface area (Å²) in [4.78, 5) is 11.4. The van der Waals surface area contributed by atoms with Crippen molar-refractivity contribution in [3.05, 3.63) is 34.4 Å². The van der Waals surface area contributed by atoms with E-state index < -0.39 is 0 Å². The molecule has 17 heavy (non-hydrogen) atoms. The number of hydrogen-bond acceptors (Lipinski definition) is 4. The van der Waals surface area contributed by atoms with Gasteiger partial charge in [-0.2, -0.15) is 4.68 Å². The van der Waals surface area contributed by atoms with Crippen molar-refractivity contribution in [2.45, 2.75) is 0 Å². The molecule has 0 unspecified atom stereocenters. The van der Waals surface area contributed by atoms with Crippen molar-refractivity contribution in [2.75, 3.05) is 12.8 Å². The van der Waals surface area contributed by atoms with Crippen LogP contribution in [0.15, 0.2) is 28.7 Å². The van der Waals surface area contributed by atoms with Crippen molar-refractivity contribution in [2.24, 2.45) is 0 Å². The molecule has 2 aromatic rings. The number of halogens is 1. The molecule has 0 saturated heterocycles. The van der Waals surface area contributed by atoms with Crippen LogP contribution < -0.4 is 11.1 Å². The van der Waals surface area contributed by atoms with Gasteiger partial charge in [-0.1, -0.05) is 27.2 Å². The van der Waals surface area contributed by atoms with Crippen LogP contribution in [0.25, 0.3) is 5.69 Å². The first kappa shape index (κ1) is 11.6. The number of nitrogen functional groups attached to an aromatic ring is 1. The van der Waals surface area contributed by atoms with E-state index in [1.807, 2.05) is 24.3 Å². The summed E-state index contributed by atoms with van der Waals surface area (Å²) in [5, 5.41) is 10.1. The lowest BCUT2D eigenvalue weighted by atomic mass is 10.3. The minimum atomic E-state index is -0.358. The number of carbonyl (C=O) groups is 1. The molecule has 0 saturated carbocycles. The Balaban J connectivity index is 2.48. The number of nitrogens with two attached hydrogens (primary N) is 1. The standard InChI is InChI=1S/C10H10BrN5O/c1-13-10(17)8-9(12)16(15-14-8)7-4-2-3-6(11)5-7/h2-5H,12H2,1H3,(H,13,17). The van der Waals surface area contributed by atoms with Crippen molar-refractivity contribution in [3.8, 4) is 5.69 Å². The average molecular weight is 296 g/mol. The van der Waals surface area contributed by atoms with Crippen LogP contribution in [-0.2, 0) is 0 Å². The summed E-state index contributed by atoms with van der Waals surface area (Å²) >= 11 is 3.35. The molecule has 1 aromatic heterocycles. The second-order valence-corrected chi connectivity index (χ2v) is 4.21. The van der Waals surface area contributed by atoms with Gasteiger partial charge in [0.2, 0.25) is 0 Å². The van der Waals surface area contributed by atoms with Crippen molar-refractivity contribution in [3.63, 3.8) is 0 Å². The Labute approximate surface area is 106 Å².